The molecular weight excluding hydrogens is 203 g/mol. The Balaban J connectivity index is 5.08. The summed E-state index contributed by atoms with van der Waals surface area (Å²) in [6.45, 7) is 9.45. The quantitative estimate of drug-likeness (QED) is 0.622. The normalized spacial score (nSPS) is 14.7. The Bertz CT molecular complexity index is 201. The first kappa shape index (κ1) is 13.5. The fourth-order valence-corrected chi connectivity index (χ4v) is 4.40. The Morgan fingerprint density at radius 3 is 1.38 bits per heavy atom. The molecule has 0 saturated carbocycles. The van der Waals surface area contributed by atoms with Gasteiger partial charge in [0, 0.05) is 10.3 Å². The predicted octanol–water partition coefficient (Wildman–Crippen LogP) is 4.88. The van der Waals surface area contributed by atoms with Crippen molar-refractivity contribution in [2.24, 2.45) is 0 Å². The van der Waals surface area contributed by atoms with Gasteiger partial charge in [0.25, 0.3) is 0 Å². The van der Waals surface area contributed by atoms with Crippen LogP contribution in [-0.4, -0.2) is 10.3 Å². The average molecular weight is 225 g/mol. The molecule has 0 atom stereocenters. The third kappa shape index (κ3) is 2.30. The van der Waals surface area contributed by atoms with Gasteiger partial charge in [-0.25, -0.2) is 0 Å². The zero-order valence-electron chi connectivity index (χ0n) is 9.65. The van der Waals surface area contributed by atoms with Gasteiger partial charge in [-0.2, -0.15) is 0 Å². The monoisotopic (exact) mass is 224 g/mol. The third-order valence-electron chi connectivity index (χ3n) is 3.29. The molecular formula is C10H22ClOP. The number of halogens is 1. The summed E-state index contributed by atoms with van der Waals surface area (Å²) in [5.74, 6) is 0. The molecule has 0 saturated heterocycles. The minimum atomic E-state index is -2.63. The molecule has 0 aromatic carbocycles. The zero-order chi connectivity index (χ0) is 10.9. The SMILES string of the molecule is CCC(C)(C)P(=O)(Cl)C(C)(C)CC. The van der Waals surface area contributed by atoms with E-state index in [2.05, 4.69) is 0 Å². The minimum absolute atomic E-state index is 0.256. The van der Waals surface area contributed by atoms with Crippen molar-refractivity contribution < 1.29 is 4.57 Å². The lowest BCUT2D eigenvalue weighted by Crippen LogP contribution is -2.29. The molecule has 0 spiro atoms. The lowest BCUT2D eigenvalue weighted by molar-refractivity contribution is 0.501. The minimum Gasteiger partial charge on any atom is -0.306 e. The Morgan fingerprint density at radius 1 is 1.00 bits per heavy atom. The predicted molar refractivity (Wildman–Crippen MR) is 62.2 cm³/mol. The van der Waals surface area contributed by atoms with Crippen LogP contribution in [0.15, 0.2) is 0 Å². The smallest absolute Gasteiger partial charge is 0.180 e. The molecule has 80 valence electrons. The van der Waals surface area contributed by atoms with Gasteiger partial charge in [-0.05, 0) is 12.8 Å². The van der Waals surface area contributed by atoms with Gasteiger partial charge in [-0.1, -0.05) is 52.8 Å². The highest BCUT2D eigenvalue weighted by atomic mass is 35.7. The van der Waals surface area contributed by atoms with Gasteiger partial charge >= 0.3 is 0 Å². The Labute approximate surface area is 87.4 Å². The zero-order valence-corrected chi connectivity index (χ0v) is 11.3. The summed E-state index contributed by atoms with van der Waals surface area (Å²) in [6.07, 6.45) is 1.72. The number of rotatable bonds is 4. The molecule has 0 aliphatic rings. The van der Waals surface area contributed by atoms with Gasteiger partial charge in [0.1, 0.15) is 0 Å². The van der Waals surface area contributed by atoms with Crippen LogP contribution in [-0.2, 0) is 4.57 Å². The van der Waals surface area contributed by atoms with Crippen LogP contribution in [0, 0.1) is 0 Å². The lowest BCUT2D eigenvalue weighted by atomic mass is 10.1. The molecule has 0 unspecified atom stereocenters. The van der Waals surface area contributed by atoms with Crippen LogP contribution in [0.4, 0.5) is 0 Å². The summed E-state index contributed by atoms with van der Waals surface area (Å²) in [7, 11) is 0. The number of hydrogen-bond donors (Lipinski definition) is 0. The second kappa shape index (κ2) is 3.95. The van der Waals surface area contributed by atoms with Crippen molar-refractivity contribution >= 4 is 17.7 Å². The van der Waals surface area contributed by atoms with E-state index in [0.717, 1.165) is 12.8 Å². The Kier molecular flexibility index (Phi) is 4.10. The standard InChI is InChI=1S/C10H22ClOP/c1-7-9(3,4)13(11,12)10(5,6)8-2/h7-8H2,1-6H3. The molecule has 0 heterocycles. The molecule has 13 heavy (non-hydrogen) atoms. The first-order chi connectivity index (χ1) is 5.62. The Morgan fingerprint density at radius 2 is 1.23 bits per heavy atom. The summed E-state index contributed by atoms with van der Waals surface area (Å²) < 4.78 is 12.5. The molecule has 1 nitrogen and oxygen atoms in total. The van der Waals surface area contributed by atoms with Crippen molar-refractivity contribution in [2.45, 2.75) is 64.7 Å². The van der Waals surface area contributed by atoms with Crippen LogP contribution in [0.3, 0.4) is 0 Å². The van der Waals surface area contributed by atoms with Gasteiger partial charge in [0.05, 0.1) is 0 Å². The van der Waals surface area contributed by atoms with Crippen LogP contribution >= 0.6 is 17.7 Å². The second-order valence-electron chi connectivity index (χ2n) is 4.86. The maximum Gasteiger partial charge on any atom is 0.180 e. The molecule has 0 aliphatic heterocycles. The van der Waals surface area contributed by atoms with Crippen molar-refractivity contribution in [2.75, 3.05) is 0 Å². The van der Waals surface area contributed by atoms with E-state index in [9.17, 15) is 4.57 Å². The van der Waals surface area contributed by atoms with Gasteiger partial charge in [-0.3, -0.25) is 0 Å². The molecule has 0 aromatic rings. The fourth-order valence-electron chi connectivity index (χ4n) is 1.23. The maximum absolute atomic E-state index is 12.5. The number of hydrogen-bond acceptors (Lipinski definition) is 1. The van der Waals surface area contributed by atoms with Gasteiger partial charge in [-0.15, -0.1) is 0 Å². The van der Waals surface area contributed by atoms with Gasteiger partial charge in [0.15, 0.2) is 6.49 Å². The van der Waals surface area contributed by atoms with Crippen molar-refractivity contribution in [1.29, 1.82) is 0 Å². The van der Waals surface area contributed by atoms with E-state index < -0.39 is 6.49 Å². The van der Waals surface area contributed by atoms with Crippen molar-refractivity contribution in [3.8, 4) is 0 Å². The summed E-state index contributed by atoms with van der Waals surface area (Å²) >= 11 is 6.28. The van der Waals surface area contributed by atoms with E-state index in [0.29, 0.717) is 0 Å². The molecule has 0 radical (unpaired) electrons. The van der Waals surface area contributed by atoms with Crippen molar-refractivity contribution in [1.82, 2.24) is 0 Å². The van der Waals surface area contributed by atoms with Crippen molar-refractivity contribution in [3.05, 3.63) is 0 Å². The average Bonchev–Trinajstić information content (AvgIpc) is 2.03. The van der Waals surface area contributed by atoms with E-state index in [1.807, 2.05) is 41.5 Å². The molecule has 0 aromatic heterocycles. The van der Waals surface area contributed by atoms with E-state index in [1.54, 1.807) is 0 Å². The van der Waals surface area contributed by atoms with Crippen LogP contribution in [0.2, 0.25) is 0 Å². The van der Waals surface area contributed by atoms with Gasteiger partial charge in [0.2, 0.25) is 0 Å². The fraction of sp³-hybridized carbons (Fsp3) is 1.00. The van der Waals surface area contributed by atoms with E-state index in [1.165, 1.54) is 0 Å². The topological polar surface area (TPSA) is 17.1 Å². The lowest BCUT2D eigenvalue weighted by Gasteiger charge is -2.39. The highest BCUT2D eigenvalue weighted by molar-refractivity contribution is 7.91. The van der Waals surface area contributed by atoms with Crippen LogP contribution in [0.5, 0.6) is 0 Å². The van der Waals surface area contributed by atoms with Gasteiger partial charge < -0.3 is 4.57 Å². The molecule has 0 bridgehead atoms. The second-order valence-corrected chi connectivity index (χ2v) is 9.78. The maximum atomic E-state index is 12.5. The van der Waals surface area contributed by atoms with Crippen molar-refractivity contribution in [3.63, 3.8) is 0 Å². The molecule has 0 aliphatic carbocycles. The third-order valence-corrected chi connectivity index (χ3v) is 9.78. The summed E-state index contributed by atoms with van der Waals surface area (Å²) in [5.41, 5.74) is 0. The largest absolute Gasteiger partial charge is 0.306 e. The van der Waals surface area contributed by atoms with E-state index in [4.69, 9.17) is 11.2 Å². The Hall–Kier alpha value is 0.520. The van der Waals surface area contributed by atoms with Crippen LogP contribution in [0.1, 0.15) is 54.4 Å². The first-order valence-electron chi connectivity index (χ1n) is 4.92. The molecule has 3 heteroatoms. The highest BCUT2D eigenvalue weighted by Crippen LogP contribution is 2.72. The molecule has 0 amide bonds. The molecule has 0 fully saturated rings. The molecule has 0 rings (SSSR count). The summed E-state index contributed by atoms with van der Waals surface area (Å²) in [5, 5.41) is -0.512. The van der Waals surface area contributed by atoms with E-state index in [-0.39, 0.29) is 10.3 Å². The first-order valence-corrected chi connectivity index (χ1v) is 7.53. The van der Waals surface area contributed by atoms with Crippen LogP contribution < -0.4 is 0 Å². The van der Waals surface area contributed by atoms with Crippen LogP contribution in [0.25, 0.3) is 0 Å². The summed E-state index contributed by atoms with van der Waals surface area (Å²) in [4.78, 5) is 0. The van der Waals surface area contributed by atoms with E-state index >= 15 is 0 Å². The highest BCUT2D eigenvalue weighted by Gasteiger charge is 2.47. The molecule has 0 N–H and O–H groups in total. The summed E-state index contributed by atoms with van der Waals surface area (Å²) in [6, 6.07) is 0.